The number of benzene rings is 5. The summed E-state index contributed by atoms with van der Waals surface area (Å²) in [6.07, 6.45) is 2.10. The van der Waals surface area contributed by atoms with Crippen LogP contribution in [0.4, 0.5) is 15.8 Å². The number of hydrazine groups is 1. The summed E-state index contributed by atoms with van der Waals surface area (Å²) in [5.41, 5.74) is 5.36. The van der Waals surface area contributed by atoms with Crippen LogP contribution in [0.15, 0.2) is 125 Å². The number of oxazole rings is 1. The molecule has 6 aromatic rings. The van der Waals surface area contributed by atoms with Gasteiger partial charge in [0.1, 0.15) is 28.6 Å². The molecule has 14 heteroatoms. The predicted octanol–water partition coefficient (Wildman–Crippen LogP) is 8.20. The second-order valence-electron chi connectivity index (χ2n) is 15.7. The van der Waals surface area contributed by atoms with Crippen molar-refractivity contribution in [2.75, 3.05) is 24.5 Å². The molecule has 6 atom stereocenters. The van der Waals surface area contributed by atoms with E-state index < -0.39 is 58.5 Å². The van der Waals surface area contributed by atoms with Gasteiger partial charge < -0.3 is 19.0 Å². The number of halogens is 2. The number of methoxy groups -OCH3 is 2. The topological polar surface area (TPSA) is 152 Å². The minimum atomic E-state index is -1.70. The molecule has 0 spiro atoms. The van der Waals surface area contributed by atoms with Gasteiger partial charge in [-0.25, -0.2) is 9.37 Å². The number of phenols is 1. The monoisotopic (exact) mass is 838 g/mol. The fraction of sp³-hybridized carbons (Fsp3) is 0.213. The van der Waals surface area contributed by atoms with Crippen LogP contribution < -0.4 is 19.8 Å². The summed E-state index contributed by atoms with van der Waals surface area (Å²) in [7, 11) is 2.85. The largest absolute Gasteiger partial charge is 0.508 e. The quantitative estimate of drug-likeness (QED) is 0.113. The van der Waals surface area contributed by atoms with Gasteiger partial charge in [0, 0.05) is 34.2 Å². The molecule has 3 heterocycles. The molecular weight excluding hydrogens is 803 g/mol. The molecule has 4 aliphatic rings. The number of amides is 4. The fourth-order valence-electron chi connectivity index (χ4n) is 10.2. The van der Waals surface area contributed by atoms with Gasteiger partial charge in [0.25, 0.3) is 11.8 Å². The number of para-hydroxylation sites is 2. The van der Waals surface area contributed by atoms with E-state index in [0.717, 1.165) is 5.01 Å². The lowest BCUT2D eigenvalue weighted by molar-refractivity contribution is -0.138. The summed E-state index contributed by atoms with van der Waals surface area (Å²) in [6.45, 7) is 0. The van der Waals surface area contributed by atoms with Crippen LogP contribution in [-0.2, 0) is 24.6 Å². The van der Waals surface area contributed by atoms with Crippen molar-refractivity contribution >= 4 is 57.7 Å². The molecule has 10 rings (SSSR count). The Balaban J connectivity index is 1.11. The van der Waals surface area contributed by atoms with E-state index in [1.165, 1.54) is 55.5 Å². The Morgan fingerprint density at radius 1 is 0.852 bits per heavy atom. The number of imide groups is 2. The first-order chi connectivity index (χ1) is 29.5. The highest BCUT2D eigenvalue weighted by Crippen LogP contribution is 2.66. The van der Waals surface area contributed by atoms with Gasteiger partial charge in [0.05, 0.1) is 48.8 Å². The number of phenolic OH excluding ortho intramolecular Hbond substituents is 1. The van der Waals surface area contributed by atoms with Crippen LogP contribution in [-0.4, -0.2) is 52.9 Å². The summed E-state index contributed by atoms with van der Waals surface area (Å²) in [4.78, 5) is 65.7. The van der Waals surface area contributed by atoms with E-state index in [1.54, 1.807) is 48.5 Å². The Hall–Kier alpha value is -6.99. The minimum absolute atomic E-state index is 0.0184. The zero-order valence-electron chi connectivity index (χ0n) is 32.7. The number of carbonyl (C=O) groups is 4. The number of fused-ring (bicyclic) bond motifs is 5. The van der Waals surface area contributed by atoms with Crippen LogP contribution in [0.3, 0.4) is 0 Å². The third-order valence-electron chi connectivity index (χ3n) is 12.7. The number of carbonyl (C=O) groups excluding carboxylic acids is 4. The smallest absolute Gasteiger partial charge is 0.260 e. The Labute approximate surface area is 353 Å². The molecule has 306 valence electrons. The third-order valence-corrected chi connectivity index (χ3v) is 13.0. The number of hydrogen-bond donors (Lipinski definition) is 2. The lowest BCUT2D eigenvalue weighted by Gasteiger charge is -2.51. The number of nitrogens with zero attached hydrogens (tertiary/aromatic N) is 3. The van der Waals surface area contributed by atoms with E-state index in [4.69, 9.17) is 25.5 Å². The van der Waals surface area contributed by atoms with Crippen LogP contribution in [0.5, 0.6) is 17.2 Å². The second kappa shape index (κ2) is 14.3. The summed E-state index contributed by atoms with van der Waals surface area (Å²) in [5, 5.41) is 12.2. The lowest BCUT2D eigenvalue weighted by atomic mass is 9.49. The number of rotatable bonds is 8. The number of ether oxygens (including phenoxy) is 2. The van der Waals surface area contributed by atoms with Crippen molar-refractivity contribution in [3.8, 4) is 28.7 Å². The molecule has 4 amide bonds. The Morgan fingerprint density at radius 2 is 1.54 bits per heavy atom. The van der Waals surface area contributed by atoms with Gasteiger partial charge in [-0.1, -0.05) is 47.5 Å². The lowest BCUT2D eigenvalue weighted by Crippen LogP contribution is -2.53. The molecule has 2 saturated heterocycles. The van der Waals surface area contributed by atoms with Gasteiger partial charge in [0.15, 0.2) is 5.58 Å². The first-order valence-electron chi connectivity index (χ1n) is 19.7. The average molecular weight is 839 g/mol. The first-order valence-corrected chi connectivity index (χ1v) is 20.1. The zero-order chi connectivity index (χ0) is 42.3. The van der Waals surface area contributed by atoms with E-state index in [9.17, 15) is 19.1 Å². The molecule has 2 aliphatic carbocycles. The molecule has 3 fully saturated rings. The van der Waals surface area contributed by atoms with Gasteiger partial charge in [0.2, 0.25) is 17.7 Å². The van der Waals surface area contributed by atoms with E-state index in [2.05, 4.69) is 10.4 Å². The summed E-state index contributed by atoms with van der Waals surface area (Å²) >= 11 is 6.43. The van der Waals surface area contributed by atoms with Crippen molar-refractivity contribution in [3.05, 3.63) is 143 Å². The van der Waals surface area contributed by atoms with Gasteiger partial charge in [-0.2, -0.15) is 5.01 Å². The van der Waals surface area contributed by atoms with Gasteiger partial charge in [-0.15, -0.1) is 0 Å². The van der Waals surface area contributed by atoms with E-state index in [1.807, 2.05) is 30.3 Å². The van der Waals surface area contributed by atoms with Gasteiger partial charge in [-0.3, -0.25) is 29.5 Å². The summed E-state index contributed by atoms with van der Waals surface area (Å²) in [6, 6.07) is 29.0. The number of nitrogens with one attached hydrogen (secondary N) is 1. The van der Waals surface area contributed by atoms with Gasteiger partial charge in [-0.05, 0) is 97.1 Å². The molecular formula is C47H36ClFN4O8. The number of anilines is 2. The van der Waals surface area contributed by atoms with Crippen molar-refractivity contribution in [1.29, 1.82) is 0 Å². The van der Waals surface area contributed by atoms with Crippen LogP contribution in [0.1, 0.15) is 29.9 Å². The molecule has 61 heavy (non-hydrogen) atoms. The Bertz CT molecular complexity index is 2770. The van der Waals surface area contributed by atoms with Crippen molar-refractivity contribution in [2.45, 2.75) is 24.2 Å². The highest BCUT2D eigenvalue weighted by atomic mass is 35.5. The van der Waals surface area contributed by atoms with Crippen molar-refractivity contribution < 1.29 is 42.6 Å². The van der Waals surface area contributed by atoms with Crippen LogP contribution in [0, 0.1) is 29.5 Å². The van der Waals surface area contributed by atoms with Crippen LogP contribution >= 0.6 is 11.6 Å². The maximum Gasteiger partial charge on any atom is 0.260 e. The van der Waals surface area contributed by atoms with E-state index in [-0.39, 0.29) is 41.7 Å². The maximum atomic E-state index is 15.6. The van der Waals surface area contributed by atoms with E-state index >= 15 is 9.59 Å². The highest BCUT2D eigenvalue weighted by Gasteiger charge is 2.71. The molecule has 5 aromatic carbocycles. The molecule has 6 unspecified atom stereocenters. The number of allylic oxidation sites excluding steroid dienone is 2. The molecule has 2 N–H and O–H groups in total. The predicted molar refractivity (Wildman–Crippen MR) is 222 cm³/mol. The number of aromatic hydroxyl groups is 1. The Morgan fingerprint density at radius 3 is 2.21 bits per heavy atom. The third kappa shape index (κ3) is 5.74. The molecule has 1 saturated carbocycles. The summed E-state index contributed by atoms with van der Waals surface area (Å²) < 4.78 is 31.8. The van der Waals surface area contributed by atoms with Gasteiger partial charge >= 0.3 is 0 Å². The number of hydrogen-bond acceptors (Lipinski definition) is 10. The van der Waals surface area contributed by atoms with Crippen molar-refractivity contribution in [2.24, 2.45) is 23.7 Å². The van der Waals surface area contributed by atoms with E-state index in [0.29, 0.717) is 50.0 Å². The Kier molecular flexibility index (Phi) is 8.98. The van der Waals surface area contributed by atoms with Crippen molar-refractivity contribution in [3.63, 3.8) is 0 Å². The van der Waals surface area contributed by atoms with Crippen LogP contribution in [0.2, 0.25) is 5.02 Å². The minimum Gasteiger partial charge on any atom is -0.508 e. The number of aromatic nitrogens is 1. The van der Waals surface area contributed by atoms with Crippen LogP contribution in [0.25, 0.3) is 22.6 Å². The summed E-state index contributed by atoms with van der Waals surface area (Å²) in [5.74, 6) is -6.44. The molecule has 0 radical (unpaired) electrons. The van der Waals surface area contributed by atoms with Crippen molar-refractivity contribution in [1.82, 2.24) is 9.99 Å². The molecule has 0 bridgehead atoms. The molecule has 12 nitrogen and oxygen atoms in total. The SMILES string of the molecule is COc1cc(O)cc(OC)c1C1C2=CCC3C(=O)N(c4ccc(-c5nc6ccccc6o5)cc4)C(=O)C3C2CC2C(=O)N(Nc3ccc(F)cc3)C(=O)C21c1ccc(Cl)cc1. The highest BCUT2D eigenvalue weighted by molar-refractivity contribution is 6.30. The zero-order valence-corrected chi connectivity index (χ0v) is 33.4. The molecule has 1 aromatic heterocycles. The average Bonchev–Trinajstić information content (AvgIpc) is 3.89. The molecule has 2 aliphatic heterocycles. The first kappa shape index (κ1) is 38.2. The fourth-order valence-corrected chi connectivity index (χ4v) is 10.3. The standard InChI is InChI=1S/C47H36ClFN4O8/c1-59-37-21-30(54)22-38(60-2)40(37)41-31-19-20-32-39(45(57)52(43(32)55)29-17-7-24(8-18-29)42-50-35-5-3-4-6-36(35)61-42)33(31)23-34-44(56)53(51-28-15-13-27(49)14-16-28)46(58)47(34,41)25-9-11-26(48)12-10-25/h3-19,21-22,32-34,39,41,51,54H,20,23H2,1-2H3. The second-order valence-corrected chi connectivity index (χ2v) is 16.1. The maximum absolute atomic E-state index is 15.6. The normalized spacial score (nSPS) is 24.4.